The summed E-state index contributed by atoms with van der Waals surface area (Å²) in [6.45, 7) is 16.5. The van der Waals surface area contributed by atoms with Gasteiger partial charge in [0, 0.05) is 5.41 Å². The first-order valence-corrected chi connectivity index (χ1v) is 12.0. The summed E-state index contributed by atoms with van der Waals surface area (Å²) in [5.41, 5.74) is 0.327. The van der Waals surface area contributed by atoms with Crippen molar-refractivity contribution in [1.29, 1.82) is 0 Å². The molecule has 0 aromatic heterocycles. The molecule has 1 fully saturated rings. The molecule has 134 valence electrons. The minimum Gasteiger partial charge on any atom is -0.457 e. The molecule has 0 spiro atoms. The van der Waals surface area contributed by atoms with E-state index in [4.69, 9.17) is 9.16 Å². The Hall–Kier alpha value is -1.05. The van der Waals surface area contributed by atoms with Crippen LogP contribution in [0.2, 0.25) is 18.1 Å². The second kappa shape index (κ2) is 6.69. The van der Waals surface area contributed by atoms with Gasteiger partial charge in [0.25, 0.3) is 0 Å². The highest BCUT2D eigenvalue weighted by Crippen LogP contribution is 2.48. The number of hydrogen-bond donors (Lipinski definition) is 0. The highest BCUT2D eigenvalue weighted by molar-refractivity contribution is 8.03. The summed E-state index contributed by atoms with van der Waals surface area (Å²) >= 11 is 1.49. The van der Waals surface area contributed by atoms with E-state index in [1.54, 1.807) is 5.41 Å². The second-order valence-electron chi connectivity index (χ2n) is 7.73. The summed E-state index contributed by atoms with van der Waals surface area (Å²) in [7, 11) is -1.94. The molecule has 0 bridgehead atoms. The molecule has 0 radical (unpaired) electrons. The molecule has 0 N–H and O–H groups in total. The Morgan fingerprint density at radius 2 is 2.12 bits per heavy atom. The van der Waals surface area contributed by atoms with Crippen molar-refractivity contribution in [3.8, 4) is 0 Å². The third-order valence-corrected chi connectivity index (χ3v) is 10.7. The normalized spacial score (nSPS) is 24.8. The highest BCUT2D eigenvalue weighted by atomic mass is 32.2. The second-order valence-corrected chi connectivity index (χ2v) is 13.5. The number of fused-ring (bicyclic) bond motifs is 1. The molecule has 0 saturated carbocycles. The SMILES string of the molecule is C=CCOC(=O)C1=CS[C@@H]2[C@@H]([C@@H](C)O[Si](C)(C)C(C)(C)C)C(=O)N12. The first kappa shape index (κ1) is 19.3. The minimum absolute atomic E-state index is 0.0574. The number of carbonyl (C=O) groups excluding carboxylic acids is 2. The maximum absolute atomic E-state index is 12.6. The summed E-state index contributed by atoms with van der Waals surface area (Å²) in [6, 6.07) is 0. The molecule has 24 heavy (non-hydrogen) atoms. The first-order valence-electron chi connectivity index (χ1n) is 8.16. The molecule has 3 atom stereocenters. The van der Waals surface area contributed by atoms with Crippen LogP contribution in [0.5, 0.6) is 0 Å². The molecular weight excluding hydrogens is 342 g/mol. The van der Waals surface area contributed by atoms with E-state index in [1.807, 2.05) is 6.92 Å². The topological polar surface area (TPSA) is 55.8 Å². The number of thioether (sulfide) groups is 1. The van der Waals surface area contributed by atoms with Crippen molar-refractivity contribution in [2.45, 2.75) is 57.3 Å². The Morgan fingerprint density at radius 1 is 1.50 bits per heavy atom. The van der Waals surface area contributed by atoms with Crippen molar-refractivity contribution < 1.29 is 18.8 Å². The third-order valence-electron chi connectivity index (χ3n) is 5.00. The average Bonchev–Trinajstić information content (AvgIpc) is 2.82. The van der Waals surface area contributed by atoms with E-state index in [-0.39, 0.29) is 34.9 Å². The molecule has 1 amide bonds. The number of amides is 1. The Kier molecular flexibility index (Phi) is 5.37. The van der Waals surface area contributed by atoms with E-state index in [2.05, 4.69) is 40.4 Å². The zero-order valence-electron chi connectivity index (χ0n) is 15.3. The number of hydrogen-bond acceptors (Lipinski definition) is 5. The molecule has 0 unspecified atom stereocenters. The first-order chi connectivity index (χ1) is 11.0. The Bertz CT molecular complexity index is 582. The maximum Gasteiger partial charge on any atom is 0.355 e. The van der Waals surface area contributed by atoms with Crippen LogP contribution in [0.25, 0.3) is 0 Å². The number of ether oxygens (including phenoxy) is 1. The van der Waals surface area contributed by atoms with Crippen LogP contribution in [0.15, 0.2) is 23.8 Å². The molecule has 0 aliphatic carbocycles. The number of esters is 1. The van der Waals surface area contributed by atoms with Gasteiger partial charge in [0.1, 0.15) is 17.7 Å². The van der Waals surface area contributed by atoms with Crippen LogP contribution in [0.3, 0.4) is 0 Å². The van der Waals surface area contributed by atoms with Crippen molar-refractivity contribution in [2.24, 2.45) is 5.92 Å². The third kappa shape index (κ3) is 3.34. The maximum atomic E-state index is 12.6. The van der Waals surface area contributed by atoms with Gasteiger partial charge in [-0.3, -0.25) is 9.69 Å². The van der Waals surface area contributed by atoms with Gasteiger partial charge in [-0.05, 0) is 25.1 Å². The molecule has 1 saturated heterocycles. The zero-order valence-corrected chi connectivity index (χ0v) is 17.1. The quantitative estimate of drug-likeness (QED) is 0.310. The molecule has 2 rings (SSSR count). The van der Waals surface area contributed by atoms with E-state index < -0.39 is 14.3 Å². The van der Waals surface area contributed by atoms with E-state index in [1.165, 1.54) is 22.7 Å². The minimum atomic E-state index is -1.94. The highest BCUT2D eigenvalue weighted by Gasteiger charge is 2.57. The lowest BCUT2D eigenvalue weighted by molar-refractivity contribution is -0.157. The van der Waals surface area contributed by atoms with E-state index in [9.17, 15) is 9.59 Å². The number of nitrogens with zero attached hydrogens (tertiary/aromatic N) is 1. The van der Waals surface area contributed by atoms with Crippen molar-refractivity contribution >= 4 is 32.0 Å². The van der Waals surface area contributed by atoms with Gasteiger partial charge in [-0.25, -0.2) is 4.79 Å². The summed E-state index contributed by atoms with van der Waals surface area (Å²) in [4.78, 5) is 26.1. The van der Waals surface area contributed by atoms with Crippen LogP contribution in [-0.2, 0) is 18.8 Å². The number of rotatable bonds is 6. The van der Waals surface area contributed by atoms with Gasteiger partial charge in [-0.1, -0.05) is 33.4 Å². The van der Waals surface area contributed by atoms with Crippen molar-refractivity contribution in [1.82, 2.24) is 4.90 Å². The molecule has 0 aromatic rings. The lowest BCUT2D eigenvalue weighted by Crippen LogP contribution is -2.62. The van der Waals surface area contributed by atoms with Gasteiger partial charge >= 0.3 is 5.97 Å². The molecule has 0 aromatic carbocycles. The van der Waals surface area contributed by atoms with Crippen LogP contribution in [0.1, 0.15) is 27.7 Å². The molecule has 7 heteroatoms. The van der Waals surface area contributed by atoms with E-state index >= 15 is 0 Å². The average molecular weight is 370 g/mol. The van der Waals surface area contributed by atoms with Gasteiger partial charge in [0.2, 0.25) is 5.91 Å². The lowest BCUT2D eigenvalue weighted by atomic mass is 9.92. The van der Waals surface area contributed by atoms with Gasteiger partial charge in [0.15, 0.2) is 8.32 Å². The van der Waals surface area contributed by atoms with E-state index in [0.717, 1.165) is 0 Å². The van der Waals surface area contributed by atoms with Crippen molar-refractivity contribution in [3.05, 3.63) is 23.8 Å². The van der Waals surface area contributed by atoms with Gasteiger partial charge in [0.05, 0.1) is 12.0 Å². The van der Waals surface area contributed by atoms with Crippen LogP contribution in [-0.4, -0.2) is 43.2 Å². The molecule has 2 aliphatic rings. The van der Waals surface area contributed by atoms with Gasteiger partial charge in [-0.2, -0.15) is 0 Å². The molecule has 2 aliphatic heterocycles. The Morgan fingerprint density at radius 3 is 2.67 bits per heavy atom. The molecule has 5 nitrogen and oxygen atoms in total. The van der Waals surface area contributed by atoms with E-state index in [0.29, 0.717) is 5.70 Å². The zero-order chi connectivity index (χ0) is 18.3. The van der Waals surface area contributed by atoms with Gasteiger partial charge in [-0.15, -0.1) is 11.8 Å². The monoisotopic (exact) mass is 369 g/mol. The van der Waals surface area contributed by atoms with Crippen LogP contribution in [0, 0.1) is 5.92 Å². The largest absolute Gasteiger partial charge is 0.457 e. The van der Waals surface area contributed by atoms with Crippen LogP contribution < -0.4 is 0 Å². The fraction of sp³-hybridized carbons (Fsp3) is 0.647. The summed E-state index contributed by atoms with van der Waals surface area (Å²) < 4.78 is 11.4. The fourth-order valence-electron chi connectivity index (χ4n) is 2.58. The summed E-state index contributed by atoms with van der Waals surface area (Å²) in [5, 5.41) is 1.74. The summed E-state index contributed by atoms with van der Waals surface area (Å²) in [5.74, 6) is -0.752. The van der Waals surface area contributed by atoms with Crippen LogP contribution >= 0.6 is 11.8 Å². The number of carbonyl (C=O) groups is 2. The van der Waals surface area contributed by atoms with Crippen molar-refractivity contribution in [2.75, 3.05) is 6.61 Å². The standard InChI is InChI=1S/C17H27NO4SSi/c1-8-9-21-16(20)12-10-23-15-13(14(19)18(12)15)11(2)22-24(6,7)17(3,4)5/h8,10-11,13,15H,1,9H2,2-7H3/t11-,13+,15-/m1/s1. The van der Waals surface area contributed by atoms with Crippen LogP contribution in [0.4, 0.5) is 0 Å². The Labute approximate surface area is 149 Å². The lowest BCUT2D eigenvalue weighted by Gasteiger charge is -2.48. The Balaban J connectivity index is 2.02. The van der Waals surface area contributed by atoms with Crippen molar-refractivity contribution in [3.63, 3.8) is 0 Å². The smallest absolute Gasteiger partial charge is 0.355 e. The van der Waals surface area contributed by atoms with Gasteiger partial charge < -0.3 is 9.16 Å². The number of β-lactam (4-membered cyclic amide) rings is 1. The predicted octanol–water partition coefficient (Wildman–Crippen LogP) is 3.50. The predicted molar refractivity (Wildman–Crippen MR) is 98.7 cm³/mol. The summed E-state index contributed by atoms with van der Waals surface area (Å²) in [6.07, 6.45) is 1.34. The molecule has 2 heterocycles. The fourth-order valence-corrected chi connectivity index (χ4v) is 5.34. The molecular formula is C17H27NO4SSi.